The van der Waals surface area contributed by atoms with Gasteiger partial charge >= 0.3 is 6.36 Å². The molecule has 1 aromatic carbocycles. The van der Waals surface area contributed by atoms with Crippen LogP contribution in [0.3, 0.4) is 0 Å². The van der Waals surface area contributed by atoms with Crippen molar-refractivity contribution < 1.29 is 32.2 Å². The van der Waals surface area contributed by atoms with Crippen LogP contribution in [-0.4, -0.2) is 54.5 Å². The number of amides is 2. The number of allylic oxidation sites excluding steroid dienone is 1. The van der Waals surface area contributed by atoms with Crippen molar-refractivity contribution in [3.63, 3.8) is 0 Å². The van der Waals surface area contributed by atoms with E-state index in [0.717, 1.165) is 5.56 Å². The fourth-order valence-electron chi connectivity index (χ4n) is 3.88. The number of ether oxygens (including phenoxy) is 2. The predicted molar refractivity (Wildman–Crippen MR) is 126 cm³/mol. The second kappa shape index (κ2) is 11.7. The van der Waals surface area contributed by atoms with Gasteiger partial charge in [0.2, 0.25) is 12.8 Å². The lowest BCUT2D eigenvalue weighted by Gasteiger charge is -2.32. The van der Waals surface area contributed by atoms with Crippen molar-refractivity contribution in [3.8, 4) is 0 Å². The smallest absolute Gasteiger partial charge is 0.406 e. The molecule has 0 bridgehead atoms. The summed E-state index contributed by atoms with van der Waals surface area (Å²) in [5.41, 5.74) is 0.950. The van der Waals surface area contributed by atoms with Gasteiger partial charge in [0.15, 0.2) is 0 Å². The molecule has 2 atom stereocenters. The zero-order chi connectivity index (χ0) is 26.5. The normalized spacial score (nSPS) is 19.8. The number of rotatable bonds is 10. The summed E-state index contributed by atoms with van der Waals surface area (Å²) >= 11 is 6.00. The minimum absolute atomic E-state index is 0.131. The first-order valence-corrected chi connectivity index (χ1v) is 11.6. The molecule has 2 N–H and O–H groups in total. The first-order valence-electron chi connectivity index (χ1n) is 11.2. The van der Waals surface area contributed by atoms with Gasteiger partial charge in [0.05, 0.1) is 6.10 Å². The molecule has 0 saturated heterocycles. The van der Waals surface area contributed by atoms with Crippen molar-refractivity contribution >= 4 is 23.9 Å². The molecule has 0 aromatic heterocycles. The quantitative estimate of drug-likeness (QED) is 0.449. The van der Waals surface area contributed by atoms with Crippen molar-refractivity contribution in [1.82, 2.24) is 20.4 Å². The molecule has 0 saturated carbocycles. The maximum absolute atomic E-state index is 13.5. The molecule has 1 aliphatic carbocycles. The average molecular weight is 529 g/mol. The van der Waals surface area contributed by atoms with Crippen LogP contribution in [0.5, 0.6) is 0 Å². The Labute approximate surface area is 212 Å². The number of likely N-dealkylation sites (N-methyl/N-ethyl adjacent to an activating group) is 1. The van der Waals surface area contributed by atoms with Crippen LogP contribution in [0, 0.1) is 5.92 Å². The molecule has 2 unspecified atom stereocenters. The van der Waals surface area contributed by atoms with Crippen LogP contribution >= 0.6 is 11.6 Å². The van der Waals surface area contributed by atoms with Crippen LogP contribution in [0.1, 0.15) is 25.8 Å². The van der Waals surface area contributed by atoms with E-state index in [4.69, 9.17) is 16.3 Å². The van der Waals surface area contributed by atoms with Crippen molar-refractivity contribution in [2.45, 2.75) is 45.6 Å². The zero-order valence-corrected chi connectivity index (χ0v) is 20.8. The van der Waals surface area contributed by atoms with Crippen LogP contribution in [-0.2, 0) is 25.6 Å². The Morgan fingerprint density at radius 1 is 1.33 bits per heavy atom. The standard InChI is InChI=1S/C24H28ClF3N4O4/c1-15(2)12-31(3)22(34)20-21(29-14-33)30-23(32(20)13-16-7-9-17(25)10-8-16)35-18-5-4-6-19(11-18)36-24(26,27)28/h4,6-11,14-15,18,23,30H,5,12-13H2,1-3H3,(H,29,33). The molecule has 0 fully saturated rings. The maximum Gasteiger partial charge on any atom is 0.573 e. The van der Waals surface area contributed by atoms with Gasteiger partial charge < -0.3 is 29.9 Å². The maximum atomic E-state index is 13.5. The Morgan fingerprint density at radius 2 is 2.03 bits per heavy atom. The lowest BCUT2D eigenvalue weighted by atomic mass is 10.1. The fourth-order valence-corrected chi connectivity index (χ4v) is 4.01. The highest BCUT2D eigenvalue weighted by atomic mass is 35.5. The predicted octanol–water partition coefficient (Wildman–Crippen LogP) is 3.82. The van der Waals surface area contributed by atoms with E-state index in [0.29, 0.717) is 18.0 Å². The van der Waals surface area contributed by atoms with Crippen LogP contribution < -0.4 is 10.6 Å². The number of nitrogens with one attached hydrogen (secondary N) is 2. The van der Waals surface area contributed by atoms with Crippen molar-refractivity contribution in [2.75, 3.05) is 13.6 Å². The molecular weight excluding hydrogens is 501 g/mol. The third-order valence-electron chi connectivity index (χ3n) is 5.27. The van der Waals surface area contributed by atoms with Gasteiger partial charge in [0.1, 0.15) is 17.3 Å². The van der Waals surface area contributed by atoms with E-state index in [9.17, 15) is 22.8 Å². The zero-order valence-electron chi connectivity index (χ0n) is 20.0. The SMILES string of the molecule is CC(C)CN(C)C(=O)C1=C(NC=O)NC(OC2C=C(OC(F)(F)F)C=CC2)N1Cc1ccc(Cl)cc1. The molecule has 196 valence electrons. The van der Waals surface area contributed by atoms with Crippen LogP contribution in [0.15, 0.2) is 59.8 Å². The van der Waals surface area contributed by atoms with Gasteiger partial charge in [-0.1, -0.05) is 43.7 Å². The number of carbonyl (C=O) groups excluding carboxylic acids is 2. The summed E-state index contributed by atoms with van der Waals surface area (Å²) in [5.74, 6) is -0.431. The average Bonchev–Trinajstić information content (AvgIpc) is 3.10. The third-order valence-corrected chi connectivity index (χ3v) is 5.52. The topological polar surface area (TPSA) is 83.1 Å². The minimum Gasteiger partial charge on any atom is -0.406 e. The summed E-state index contributed by atoms with van der Waals surface area (Å²) in [7, 11) is 1.65. The Morgan fingerprint density at radius 3 is 2.64 bits per heavy atom. The third kappa shape index (κ3) is 7.41. The lowest BCUT2D eigenvalue weighted by Crippen LogP contribution is -2.44. The second-order valence-electron chi connectivity index (χ2n) is 8.75. The Balaban J connectivity index is 1.91. The summed E-state index contributed by atoms with van der Waals surface area (Å²) in [5, 5.41) is 6.02. The second-order valence-corrected chi connectivity index (χ2v) is 9.18. The first-order chi connectivity index (χ1) is 17.0. The first kappa shape index (κ1) is 27.4. The summed E-state index contributed by atoms with van der Waals surface area (Å²) in [6, 6.07) is 6.96. The van der Waals surface area contributed by atoms with Gasteiger partial charge in [0.25, 0.3) is 5.91 Å². The van der Waals surface area contributed by atoms with Gasteiger partial charge in [-0.3, -0.25) is 9.59 Å². The number of nitrogens with zero attached hydrogens (tertiary/aromatic N) is 2. The van der Waals surface area contributed by atoms with Gasteiger partial charge in [-0.25, -0.2) is 0 Å². The largest absolute Gasteiger partial charge is 0.573 e. The fraction of sp³-hybridized carbons (Fsp3) is 0.417. The molecule has 36 heavy (non-hydrogen) atoms. The van der Waals surface area contributed by atoms with Gasteiger partial charge in [-0.2, -0.15) is 0 Å². The molecular formula is C24H28ClF3N4O4. The van der Waals surface area contributed by atoms with Gasteiger partial charge in [-0.15, -0.1) is 13.2 Å². The highest BCUT2D eigenvalue weighted by Gasteiger charge is 2.39. The van der Waals surface area contributed by atoms with Gasteiger partial charge in [0, 0.05) is 25.2 Å². The van der Waals surface area contributed by atoms with E-state index in [1.165, 1.54) is 23.1 Å². The number of hydrogen-bond acceptors (Lipinski definition) is 6. The number of hydrogen-bond donors (Lipinski definition) is 2. The molecule has 3 rings (SSSR count). The molecule has 0 spiro atoms. The number of halogens is 4. The lowest BCUT2D eigenvalue weighted by molar-refractivity contribution is -0.303. The molecule has 12 heteroatoms. The van der Waals surface area contributed by atoms with E-state index in [1.54, 1.807) is 36.2 Å². The Hall–Kier alpha value is -3.18. The van der Waals surface area contributed by atoms with E-state index in [1.807, 2.05) is 13.8 Å². The minimum atomic E-state index is -4.84. The molecule has 1 heterocycles. The molecule has 1 aromatic rings. The number of carbonyl (C=O) groups is 2. The van der Waals surface area contributed by atoms with E-state index < -0.39 is 24.6 Å². The van der Waals surface area contributed by atoms with E-state index >= 15 is 0 Å². The summed E-state index contributed by atoms with van der Waals surface area (Å²) in [4.78, 5) is 27.9. The highest BCUT2D eigenvalue weighted by molar-refractivity contribution is 6.30. The summed E-state index contributed by atoms with van der Waals surface area (Å²) in [6.45, 7) is 4.59. The highest BCUT2D eigenvalue weighted by Crippen LogP contribution is 2.29. The molecule has 0 radical (unpaired) electrons. The summed E-state index contributed by atoms with van der Waals surface area (Å²) < 4.78 is 48.1. The molecule has 2 aliphatic rings. The van der Waals surface area contributed by atoms with Gasteiger partial charge in [-0.05, 0) is 42.2 Å². The monoisotopic (exact) mass is 528 g/mol. The number of alkyl halides is 3. The summed E-state index contributed by atoms with van der Waals surface area (Å²) in [6.07, 6.45) is -1.96. The van der Waals surface area contributed by atoms with Crippen molar-refractivity contribution in [3.05, 3.63) is 70.4 Å². The Bertz CT molecular complexity index is 1040. The van der Waals surface area contributed by atoms with Crippen LogP contribution in [0.25, 0.3) is 0 Å². The Kier molecular flexibility index (Phi) is 8.91. The van der Waals surface area contributed by atoms with E-state index in [2.05, 4.69) is 15.4 Å². The molecule has 2 amide bonds. The number of benzene rings is 1. The van der Waals surface area contributed by atoms with E-state index in [-0.39, 0.29) is 36.3 Å². The van der Waals surface area contributed by atoms with Crippen molar-refractivity contribution in [2.24, 2.45) is 5.92 Å². The molecule has 1 aliphatic heterocycles. The van der Waals surface area contributed by atoms with Crippen LogP contribution in [0.4, 0.5) is 13.2 Å². The van der Waals surface area contributed by atoms with Crippen molar-refractivity contribution in [1.29, 1.82) is 0 Å². The van der Waals surface area contributed by atoms with Crippen LogP contribution in [0.2, 0.25) is 5.02 Å². The molecule has 8 nitrogen and oxygen atoms in total.